The van der Waals surface area contributed by atoms with Gasteiger partial charge in [-0.1, -0.05) is 25.7 Å². The van der Waals surface area contributed by atoms with Gasteiger partial charge in [-0.05, 0) is 51.7 Å². The van der Waals surface area contributed by atoms with Crippen LogP contribution in [0.1, 0.15) is 70.8 Å². The van der Waals surface area contributed by atoms with Gasteiger partial charge in [0.1, 0.15) is 5.75 Å². The molecule has 2 aliphatic heterocycles. The molecule has 0 spiro atoms. The van der Waals surface area contributed by atoms with Gasteiger partial charge in [0.25, 0.3) is 0 Å². The lowest BCUT2D eigenvalue weighted by Gasteiger charge is -2.24. The maximum absolute atomic E-state index is 10.5. The topological polar surface area (TPSA) is 93.0 Å². The Kier molecular flexibility index (Phi) is 8.97. The fourth-order valence-corrected chi connectivity index (χ4v) is 4.81. The maximum atomic E-state index is 10.5. The predicted molar refractivity (Wildman–Crippen MR) is 144 cm³/mol. The molecule has 4 rings (SSSR count). The summed E-state index contributed by atoms with van der Waals surface area (Å²) < 4.78 is 0. The van der Waals surface area contributed by atoms with E-state index in [1.54, 1.807) is 12.3 Å². The van der Waals surface area contributed by atoms with Gasteiger partial charge in [-0.15, -0.1) is 0 Å². The zero-order valence-corrected chi connectivity index (χ0v) is 21.3. The molecular weight excluding hydrogens is 440 g/mol. The van der Waals surface area contributed by atoms with Crippen molar-refractivity contribution in [1.82, 2.24) is 15.0 Å². The van der Waals surface area contributed by atoms with Crippen molar-refractivity contribution in [3.8, 4) is 5.75 Å². The standard InChI is InChI=1S/C26H40N8O/c1-3-32(4-2)22-14-13-21(23(35)19-22)20-27-31-24-28-25(33-15-9-5-6-10-16-33)30-26(29-24)34-17-11-7-8-12-18-34/h13-14,19-20,35H,3-12,15-18H2,1-2H3,(H,28,29,30,31)/b27-20-. The number of hydrogen-bond acceptors (Lipinski definition) is 9. The third kappa shape index (κ3) is 6.74. The molecule has 0 aliphatic carbocycles. The quantitative estimate of drug-likeness (QED) is 0.417. The Morgan fingerprint density at radius 2 is 1.40 bits per heavy atom. The summed E-state index contributed by atoms with van der Waals surface area (Å²) in [6.45, 7) is 9.88. The van der Waals surface area contributed by atoms with Crippen LogP contribution in [0.4, 0.5) is 23.5 Å². The fraction of sp³-hybridized carbons (Fsp3) is 0.615. The molecule has 2 aromatic rings. The van der Waals surface area contributed by atoms with E-state index in [-0.39, 0.29) is 5.75 Å². The highest BCUT2D eigenvalue weighted by Crippen LogP contribution is 2.24. The number of nitrogens with zero attached hydrogens (tertiary/aromatic N) is 7. The molecular formula is C26H40N8O. The van der Waals surface area contributed by atoms with Crippen LogP contribution in [-0.2, 0) is 0 Å². The Labute approximate surface area is 209 Å². The molecule has 0 bridgehead atoms. The largest absolute Gasteiger partial charge is 0.507 e. The highest BCUT2D eigenvalue weighted by molar-refractivity contribution is 5.84. The lowest BCUT2D eigenvalue weighted by Crippen LogP contribution is -2.30. The number of hydrazone groups is 1. The summed E-state index contributed by atoms with van der Waals surface area (Å²) in [6, 6.07) is 5.67. The number of nitrogens with one attached hydrogen (secondary N) is 1. The SMILES string of the molecule is CCN(CC)c1ccc(/C=N\Nc2nc(N3CCCCCC3)nc(N3CCCCCC3)n2)c(O)c1. The van der Waals surface area contributed by atoms with Gasteiger partial charge in [0.15, 0.2) is 0 Å². The highest BCUT2D eigenvalue weighted by Gasteiger charge is 2.19. The number of hydrogen-bond donors (Lipinski definition) is 2. The fourth-order valence-electron chi connectivity index (χ4n) is 4.81. The Bertz CT molecular complexity index is 924. The minimum atomic E-state index is 0.200. The van der Waals surface area contributed by atoms with E-state index in [9.17, 15) is 5.11 Å². The molecule has 2 aliphatic rings. The van der Waals surface area contributed by atoms with E-state index in [2.05, 4.69) is 39.1 Å². The van der Waals surface area contributed by atoms with Gasteiger partial charge in [0.05, 0.1) is 6.21 Å². The van der Waals surface area contributed by atoms with E-state index in [1.165, 1.54) is 25.7 Å². The Hall–Kier alpha value is -3.10. The number of phenols is 1. The minimum absolute atomic E-state index is 0.200. The summed E-state index contributed by atoms with van der Waals surface area (Å²) in [5.41, 5.74) is 4.64. The van der Waals surface area contributed by atoms with Crippen molar-refractivity contribution in [1.29, 1.82) is 0 Å². The molecule has 2 N–H and O–H groups in total. The van der Waals surface area contributed by atoms with Crippen LogP contribution in [0.15, 0.2) is 23.3 Å². The van der Waals surface area contributed by atoms with Gasteiger partial charge in [-0.2, -0.15) is 20.1 Å². The number of aromatic hydroxyl groups is 1. The van der Waals surface area contributed by atoms with Crippen molar-refractivity contribution in [2.24, 2.45) is 5.10 Å². The Balaban J connectivity index is 1.54. The monoisotopic (exact) mass is 480 g/mol. The van der Waals surface area contributed by atoms with Gasteiger partial charge >= 0.3 is 0 Å². The first-order valence-electron chi connectivity index (χ1n) is 13.3. The first-order chi connectivity index (χ1) is 17.2. The smallest absolute Gasteiger partial charge is 0.250 e. The van der Waals surface area contributed by atoms with Crippen LogP contribution < -0.4 is 20.1 Å². The predicted octanol–water partition coefficient (Wildman–Crippen LogP) is 4.63. The average Bonchev–Trinajstić information content (AvgIpc) is 3.32. The molecule has 1 aromatic heterocycles. The number of benzene rings is 1. The maximum Gasteiger partial charge on any atom is 0.250 e. The summed E-state index contributed by atoms with van der Waals surface area (Å²) in [7, 11) is 0. The second-order valence-electron chi connectivity index (χ2n) is 9.35. The van der Waals surface area contributed by atoms with E-state index < -0.39 is 0 Å². The van der Waals surface area contributed by atoms with Crippen LogP contribution in [0.3, 0.4) is 0 Å². The van der Waals surface area contributed by atoms with E-state index >= 15 is 0 Å². The van der Waals surface area contributed by atoms with Crippen LogP contribution in [0.5, 0.6) is 5.75 Å². The van der Waals surface area contributed by atoms with Crippen LogP contribution in [0, 0.1) is 0 Å². The third-order valence-corrected chi connectivity index (χ3v) is 6.90. The molecule has 2 saturated heterocycles. The zero-order chi connectivity index (χ0) is 24.5. The van der Waals surface area contributed by atoms with Crippen LogP contribution in [0.2, 0.25) is 0 Å². The van der Waals surface area contributed by atoms with Crippen LogP contribution in [-0.4, -0.2) is 65.5 Å². The minimum Gasteiger partial charge on any atom is -0.507 e. The number of aromatic nitrogens is 3. The molecule has 0 radical (unpaired) electrons. The number of anilines is 4. The summed E-state index contributed by atoms with van der Waals surface area (Å²) >= 11 is 0. The van der Waals surface area contributed by atoms with Crippen molar-refractivity contribution in [2.45, 2.75) is 65.2 Å². The molecule has 2 fully saturated rings. The van der Waals surface area contributed by atoms with Crippen LogP contribution in [0.25, 0.3) is 0 Å². The lowest BCUT2D eigenvalue weighted by molar-refractivity contribution is 0.474. The Morgan fingerprint density at radius 3 is 1.89 bits per heavy atom. The van der Waals surface area contributed by atoms with Crippen molar-refractivity contribution >= 4 is 29.7 Å². The summed E-state index contributed by atoms with van der Waals surface area (Å²) in [6.07, 6.45) is 11.3. The van der Waals surface area contributed by atoms with Crippen molar-refractivity contribution in [3.63, 3.8) is 0 Å². The van der Waals surface area contributed by atoms with Gasteiger partial charge in [-0.3, -0.25) is 0 Å². The molecule has 0 saturated carbocycles. The highest BCUT2D eigenvalue weighted by atomic mass is 16.3. The van der Waals surface area contributed by atoms with Crippen molar-refractivity contribution in [2.75, 3.05) is 59.4 Å². The van der Waals surface area contributed by atoms with Gasteiger partial charge < -0.3 is 19.8 Å². The summed E-state index contributed by atoms with van der Waals surface area (Å²) in [4.78, 5) is 21.1. The van der Waals surface area contributed by atoms with E-state index in [0.29, 0.717) is 11.5 Å². The zero-order valence-electron chi connectivity index (χ0n) is 21.3. The first-order valence-corrected chi connectivity index (χ1v) is 13.3. The summed E-state index contributed by atoms with van der Waals surface area (Å²) in [5.74, 6) is 2.09. The molecule has 1 aromatic carbocycles. The van der Waals surface area contributed by atoms with Crippen LogP contribution >= 0.6 is 0 Å². The van der Waals surface area contributed by atoms with E-state index in [0.717, 1.165) is 82.5 Å². The first kappa shape index (κ1) is 25.0. The average molecular weight is 481 g/mol. The third-order valence-electron chi connectivity index (χ3n) is 6.90. The summed E-state index contributed by atoms with van der Waals surface area (Å²) in [5, 5.41) is 14.9. The van der Waals surface area contributed by atoms with E-state index in [1.807, 2.05) is 12.1 Å². The molecule has 3 heterocycles. The molecule has 9 nitrogen and oxygen atoms in total. The lowest BCUT2D eigenvalue weighted by atomic mass is 10.2. The van der Waals surface area contributed by atoms with Crippen molar-refractivity contribution < 1.29 is 5.11 Å². The second kappa shape index (κ2) is 12.6. The van der Waals surface area contributed by atoms with Gasteiger partial charge in [0.2, 0.25) is 17.8 Å². The number of phenolic OH excluding ortho intramolecular Hbond substituents is 1. The normalized spacial score (nSPS) is 17.3. The molecule has 0 amide bonds. The van der Waals surface area contributed by atoms with Gasteiger partial charge in [-0.25, -0.2) is 5.43 Å². The number of rotatable bonds is 8. The molecule has 0 atom stereocenters. The Morgan fingerprint density at radius 1 is 0.857 bits per heavy atom. The molecule has 35 heavy (non-hydrogen) atoms. The van der Waals surface area contributed by atoms with Crippen molar-refractivity contribution in [3.05, 3.63) is 23.8 Å². The molecule has 190 valence electrons. The van der Waals surface area contributed by atoms with Gasteiger partial charge in [0, 0.05) is 56.6 Å². The molecule has 0 unspecified atom stereocenters. The van der Waals surface area contributed by atoms with E-state index in [4.69, 9.17) is 15.0 Å². The molecule has 9 heteroatoms. The second-order valence-corrected chi connectivity index (χ2v) is 9.35.